The van der Waals surface area contributed by atoms with E-state index >= 15 is 0 Å². The number of carbonyl (C=O) groups is 2. The summed E-state index contributed by atoms with van der Waals surface area (Å²) < 4.78 is 1.94. The summed E-state index contributed by atoms with van der Waals surface area (Å²) in [5.74, 6) is -1.65. The van der Waals surface area contributed by atoms with Crippen LogP contribution in [-0.4, -0.2) is 38.8 Å². The molecule has 0 spiro atoms. The first-order chi connectivity index (χ1) is 9.99. The van der Waals surface area contributed by atoms with Gasteiger partial charge in [0.25, 0.3) is 0 Å². The number of carboxylic acid groups (broad SMARTS) is 1. The molecule has 0 aliphatic carbocycles. The van der Waals surface area contributed by atoms with Crippen LogP contribution in [0.4, 0.5) is 0 Å². The van der Waals surface area contributed by atoms with Crippen LogP contribution in [0, 0.1) is 0 Å². The second-order valence-corrected chi connectivity index (χ2v) is 4.94. The summed E-state index contributed by atoms with van der Waals surface area (Å²) in [6.07, 6.45) is 0.898. The van der Waals surface area contributed by atoms with Gasteiger partial charge in [0.2, 0.25) is 5.91 Å². The van der Waals surface area contributed by atoms with E-state index in [2.05, 4.69) is 5.32 Å². The average Bonchev–Trinajstić information content (AvgIpc) is 2.85. The number of rotatable bonds is 6. The van der Waals surface area contributed by atoms with Crippen LogP contribution in [0.1, 0.15) is 13.3 Å². The van der Waals surface area contributed by atoms with E-state index in [1.165, 1.54) is 6.92 Å². The summed E-state index contributed by atoms with van der Waals surface area (Å²) in [7, 11) is 0. The van der Waals surface area contributed by atoms with Crippen molar-refractivity contribution in [3.8, 4) is 0 Å². The van der Waals surface area contributed by atoms with E-state index in [0.717, 1.165) is 10.9 Å². The van der Waals surface area contributed by atoms with Gasteiger partial charge in [0.05, 0.1) is 6.10 Å². The largest absolute Gasteiger partial charge is 0.480 e. The smallest absolute Gasteiger partial charge is 0.328 e. The van der Waals surface area contributed by atoms with Gasteiger partial charge in [-0.15, -0.1) is 0 Å². The van der Waals surface area contributed by atoms with Gasteiger partial charge in [-0.2, -0.15) is 0 Å². The van der Waals surface area contributed by atoms with Gasteiger partial charge in [-0.3, -0.25) is 4.79 Å². The Bertz CT molecular complexity index is 648. The minimum atomic E-state index is -1.28. The molecule has 0 aliphatic heterocycles. The number of aliphatic carboxylic acids is 1. The van der Waals surface area contributed by atoms with E-state index in [1.54, 1.807) is 0 Å². The number of carboxylic acids is 1. The zero-order chi connectivity index (χ0) is 15.4. The number of benzene rings is 1. The van der Waals surface area contributed by atoms with Gasteiger partial charge in [-0.1, -0.05) is 18.2 Å². The maximum atomic E-state index is 11.8. The highest BCUT2D eigenvalue weighted by Crippen LogP contribution is 2.15. The third-order valence-electron chi connectivity index (χ3n) is 3.32. The van der Waals surface area contributed by atoms with Gasteiger partial charge in [0.15, 0.2) is 6.04 Å². The average molecular weight is 290 g/mol. The van der Waals surface area contributed by atoms with Crippen LogP contribution < -0.4 is 5.32 Å². The quantitative estimate of drug-likeness (QED) is 0.739. The number of nitrogens with one attached hydrogen (secondary N) is 1. The van der Waals surface area contributed by atoms with Gasteiger partial charge >= 0.3 is 5.97 Å². The first kappa shape index (κ1) is 15.1. The zero-order valence-corrected chi connectivity index (χ0v) is 11.7. The number of aromatic nitrogens is 1. The zero-order valence-electron chi connectivity index (χ0n) is 11.7. The highest BCUT2D eigenvalue weighted by atomic mass is 16.4. The molecule has 0 fully saturated rings. The van der Waals surface area contributed by atoms with E-state index in [-0.39, 0.29) is 6.42 Å². The molecule has 2 unspecified atom stereocenters. The Morgan fingerprint density at radius 1 is 1.29 bits per heavy atom. The van der Waals surface area contributed by atoms with Crippen molar-refractivity contribution in [1.29, 1.82) is 0 Å². The molecule has 2 rings (SSSR count). The Hall–Kier alpha value is -2.34. The minimum Gasteiger partial charge on any atom is -0.480 e. The molecule has 0 saturated carbocycles. The number of para-hydroxylation sites is 1. The molecule has 0 bridgehead atoms. The fraction of sp³-hybridized carbons (Fsp3) is 0.333. The van der Waals surface area contributed by atoms with Crippen LogP contribution in [0.5, 0.6) is 0 Å². The molecule has 2 aromatic rings. The number of aliphatic hydroxyl groups is 1. The number of hydrogen-bond donors (Lipinski definition) is 3. The second-order valence-electron chi connectivity index (χ2n) is 4.94. The van der Waals surface area contributed by atoms with Crippen molar-refractivity contribution < 1.29 is 19.8 Å². The Morgan fingerprint density at radius 3 is 2.67 bits per heavy atom. The first-order valence-corrected chi connectivity index (χ1v) is 6.73. The Morgan fingerprint density at radius 2 is 2.00 bits per heavy atom. The number of aliphatic hydroxyl groups excluding tert-OH is 1. The summed E-state index contributed by atoms with van der Waals surface area (Å²) in [5, 5.41) is 21.6. The lowest BCUT2D eigenvalue weighted by atomic mass is 10.2. The molecule has 21 heavy (non-hydrogen) atoms. The molecule has 112 valence electrons. The summed E-state index contributed by atoms with van der Waals surface area (Å²) in [5.41, 5.74) is 1.02. The number of nitrogens with zero attached hydrogens (tertiary/aromatic N) is 1. The van der Waals surface area contributed by atoms with Crippen molar-refractivity contribution >= 4 is 22.8 Å². The second kappa shape index (κ2) is 6.41. The molecule has 6 heteroatoms. The fourth-order valence-electron chi connectivity index (χ4n) is 2.19. The summed E-state index contributed by atoms with van der Waals surface area (Å²) >= 11 is 0. The van der Waals surface area contributed by atoms with Crippen molar-refractivity contribution in [1.82, 2.24) is 9.88 Å². The van der Waals surface area contributed by atoms with Crippen LogP contribution >= 0.6 is 0 Å². The number of hydrogen-bond acceptors (Lipinski definition) is 3. The lowest BCUT2D eigenvalue weighted by Crippen LogP contribution is -2.47. The van der Waals surface area contributed by atoms with Gasteiger partial charge in [-0.05, 0) is 24.4 Å². The van der Waals surface area contributed by atoms with E-state index in [0.29, 0.717) is 6.54 Å². The third-order valence-corrected chi connectivity index (χ3v) is 3.32. The highest BCUT2D eigenvalue weighted by molar-refractivity contribution is 5.84. The van der Waals surface area contributed by atoms with E-state index in [1.807, 2.05) is 41.1 Å². The highest BCUT2D eigenvalue weighted by Gasteiger charge is 2.24. The van der Waals surface area contributed by atoms with E-state index in [9.17, 15) is 14.7 Å². The summed E-state index contributed by atoms with van der Waals surface area (Å²) in [4.78, 5) is 22.7. The summed E-state index contributed by atoms with van der Waals surface area (Å²) in [6.45, 7) is 1.78. The topological polar surface area (TPSA) is 91.6 Å². The lowest BCUT2D eigenvalue weighted by Gasteiger charge is -2.17. The Kier molecular flexibility index (Phi) is 4.59. The van der Waals surface area contributed by atoms with Crippen LogP contribution in [-0.2, 0) is 16.1 Å². The molecule has 1 aromatic carbocycles. The van der Waals surface area contributed by atoms with Gasteiger partial charge < -0.3 is 20.1 Å². The molecule has 1 aromatic heterocycles. The Balaban J connectivity index is 1.96. The molecule has 2 atom stereocenters. The van der Waals surface area contributed by atoms with Crippen LogP contribution in [0.2, 0.25) is 0 Å². The molecule has 1 heterocycles. The molecule has 0 radical (unpaired) electrons. The first-order valence-electron chi connectivity index (χ1n) is 6.73. The number of aryl methyl sites for hydroxylation is 1. The molecule has 0 aliphatic rings. The van der Waals surface area contributed by atoms with Gasteiger partial charge in [0, 0.05) is 24.7 Å². The van der Waals surface area contributed by atoms with Crippen molar-refractivity contribution in [2.24, 2.45) is 0 Å². The minimum absolute atomic E-state index is 0.148. The van der Waals surface area contributed by atoms with E-state index < -0.39 is 24.0 Å². The number of fused-ring (bicyclic) bond motifs is 1. The van der Waals surface area contributed by atoms with Crippen molar-refractivity contribution in [3.63, 3.8) is 0 Å². The predicted molar refractivity (Wildman–Crippen MR) is 77.8 cm³/mol. The predicted octanol–water partition coefficient (Wildman–Crippen LogP) is 0.982. The maximum absolute atomic E-state index is 11.8. The van der Waals surface area contributed by atoms with Crippen molar-refractivity contribution in [2.75, 3.05) is 0 Å². The van der Waals surface area contributed by atoms with Gasteiger partial charge in [0.1, 0.15) is 0 Å². The van der Waals surface area contributed by atoms with Crippen LogP contribution in [0.15, 0.2) is 36.5 Å². The van der Waals surface area contributed by atoms with Crippen molar-refractivity contribution in [3.05, 3.63) is 36.5 Å². The van der Waals surface area contributed by atoms with E-state index in [4.69, 9.17) is 5.11 Å². The molecular formula is C15H18N2O4. The van der Waals surface area contributed by atoms with Crippen molar-refractivity contribution in [2.45, 2.75) is 32.0 Å². The molecule has 0 saturated heterocycles. The molecular weight excluding hydrogens is 272 g/mol. The number of amides is 1. The Labute approximate surface area is 122 Å². The molecule has 6 nitrogen and oxygen atoms in total. The molecule has 1 amide bonds. The SMILES string of the molecule is CC(O)C(NC(=O)CCn1ccc2ccccc21)C(=O)O. The molecule has 3 N–H and O–H groups in total. The van der Waals surface area contributed by atoms with Crippen LogP contribution in [0.3, 0.4) is 0 Å². The third kappa shape index (κ3) is 3.61. The maximum Gasteiger partial charge on any atom is 0.328 e. The number of carbonyl (C=O) groups excluding carboxylic acids is 1. The van der Waals surface area contributed by atoms with Gasteiger partial charge in [-0.25, -0.2) is 4.79 Å². The fourth-order valence-corrected chi connectivity index (χ4v) is 2.19. The monoisotopic (exact) mass is 290 g/mol. The standard InChI is InChI=1S/C15H18N2O4/c1-10(18)14(15(20)21)16-13(19)7-9-17-8-6-11-4-2-3-5-12(11)17/h2-6,8,10,14,18H,7,9H2,1H3,(H,16,19)(H,20,21). The summed E-state index contributed by atoms with van der Waals surface area (Å²) in [6, 6.07) is 8.50. The normalized spacial score (nSPS) is 13.8. The lowest BCUT2D eigenvalue weighted by molar-refractivity contribution is -0.144. The van der Waals surface area contributed by atoms with Crippen LogP contribution in [0.25, 0.3) is 10.9 Å².